The van der Waals surface area contributed by atoms with Gasteiger partial charge in [0.25, 0.3) is 0 Å². The predicted molar refractivity (Wildman–Crippen MR) is 59.4 cm³/mol. The Hall–Kier alpha value is -1.15. The number of carbonyl (C=O) groups is 2. The molecule has 0 heterocycles. The number of rotatable bonds is 5. The second-order valence-corrected chi connectivity index (χ2v) is 5.66. The highest BCUT2D eigenvalue weighted by Crippen LogP contribution is 1.89. The largest absolute Gasteiger partial charge is 0.347 e. The Morgan fingerprint density at radius 2 is 1.94 bits per heavy atom. The van der Waals surface area contributed by atoms with Crippen molar-refractivity contribution in [2.45, 2.75) is 0 Å². The molecule has 0 unspecified atom stereocenters. The maximum absolute atomic E-state index is 11.3. The lowest BCUT2D eigenvalue weighted by Gasteiger charge is -2.15. The van der Waals surface area contributed by atoms with Gasteiger partial charge in [-0.05, 0) is 0 Å². The summed E-state index contributed by atoms with van der Waals surface area (Å²) in [6.07, 6.45) is 1.07. The third-order valence-electron chi connectivity index (χ3n) is 1.77. The normalized spacial score (nSPS) is 10.9. The van der Waals surface area contributed by atoms with Crippen molar-refractivity contribution < 1.29 is 18.0 Å². The molecule has 0 radical (unpaired) electrons. The second kappa shape index (κ2) is 6.44. The van der Waals surface area contributed by atoms with E-state index in [4.69, 9.17) is 5.73 Å². The van der Waals surface area contributed by atoms with Crippen LogP contribution in [0.1, 0.15) is 0 Å². The second-order valence-electron chi connectivity index (χ2n) is 3.40. The van der Waals surface area contributed by atoms with Crippen molar-refractivity contribution in [1.29, 1.82) is 0 Å². The van der Waals surface area contributed by atoms with E-state index in [9.17, 15) is 18.0 Å². The Morgan fingerprint density at radius 1 is 1.38 bits per heavy atom. The molecule has 0 aromatic heterocycles. The van der Waals surface area contributed by atoms with Gasteiger partial charge in [-0.3, -0.25) is 9.59 Å². The Bertz CT molecular complexity index is 352. The fourth-order valence-electron chi connectivity index (χ4n) is 0.839. The van der Waals surface area contributed by atoms with Crippen LogP contribution >= 0.6 is 0 Å². The molecular formula is C8H17N3O4S. The lowest BCUT2D eigenvalue weighted by Crippen LogP contribution is -2.43. The van der Waals surface area contributed by atoms with Gasteiger partial charge in [0.1, 0.15) is 9.84 Å². The lowest BCUT2D eigenvalue weighted by atomic mass is 10.4. The van der Waals surface area contributed by atoms with Crippen molar-refractivity contribution >= 4 is 21.7 Å². The van der Waals surface area contributed by atoms with E-state index < -0.39 is 21.7 Å². The molecule has 0 aliphatic rings. The zero-order valence-electron chi connectivity index (χ0n) is 9.39. The highest BCUT2D eigenvalue weighted by atomic mass is 32.2. The Morgan fingerprint density at radius 3 is 2.38 bits per heavy atom. The number of nitrogens with zero attached hydrogens (tertiary/aromatic N) is 1. The van der Waals surface area contributed by atoms with E-state index in [1.807, 2.05) is 0 Å². The molecule has 0 atom stereocenters. The number of sulfone groups is 1. The average Bonchev–Trinajstić information content (AvgIpc) is 2.20. The third kappa shape index (κ3) is 6.36. The minimum atomic E-state index is -3.14. The van der Waals surface area contributed by atoms with E-state index in [1.165, 1.54) is 7.05 Å². The molecule has 7 nitrogen and oxygen atoms in total. The summed E-state index contributed by atoms with van der Waals surface area (Å²) in [5.41, 5.74) is 5.15. The van der Waals surface area contributed by atoms with Gasteiger partial charge >= 0.3 is 11.8 Å². The van der Waals surface area contributed by atoms with Gasteiger partial charge in [-0.1, -0.05) is 0 Å². The summed E-state index contributed by atoms with van der Waals surface area (Å²) in [4.78, 5) is 23.6. The molecular weight excluding hydrogens is 234 g/mol. The number of carbonyl (C=O) groups excluding carboxylic acids is 2. The van der Waals surface area contributed by atoms with Crippen molar-refractivity contribution in [1.82, 2.24) is 10.2 Å². The standard InChI is InChI=1S/C8H17N3O4S/c1-11(5-6-16(2,14)15)8(13)7(12)10-4-3-9/h3-6,9H2,1-2H3,(H,10,12). The van der Waals surface area contributed by atoms with Crippen LogP contribution in [0.3, 0.4) is 0 Å². The molecule has 0 aromatic rings. The topological polar surface area (TPSA) is 110 Å². The molecule has 0 spiro atoms. The Labute approximate surface area is 94.9 Å². The molecule has 0 aliphatic carbocycles. The molecule has 16 heavy (non-hydrogen) atoms. The van der Waals surface area contributed by atoms with Crippen molar-refractivity contribution in [3.05, 3.63) is 0 Å². The summed E-state index contributed by atoms with van der Waals surface area (Å²) in [6.45, 7) is 0.449. The van der Waals surface area contributed by atoms with Crippen LogP contribution in [0.5, 0.6) is 0 Å². The van der Waals surface area contributed by atoms with E-state index in [-0.39, 0.29) is 25.4 Å². The minimum Gasteiger partial charge on any atom is -0.347 e. The molecule has 0 bridgehead atoms. The Kier molecular flexibility index (Phi) is 5.97. The van der Waals surface area contributed by atoms with Crippen LogP contribution in [0.2, 0.25) is 0 Å². The zero-order valence-corrected chi connectivity index (χ0v) is 10.2. The van der Waals surface area contributed by atoms with Crippen LogP contribution in [0, 0.1) is 0 Å². The smallest absolute Gasteiger partial charge is 0.311 e. The van der Waals surface area contributed by atoms with Crippen molar-refractivity contribution in [2.24, 2.45) is 5.73 Å². The van der Waals surface area contributed by atoms with Crippen LogP contribution < -0.4 is 11.1 Å². The Balaban J connectivity index is 4.13. The number of hydrogen-bond donors (Lipinski definition) is 2. The highest BCUT2D eigenvalue weighted by molar-refractivity contribution is 7.90. The summed E-state index contributed by atoms with van der Waals surface area (Å²) < 4.78 is 21.7. The van der Waals surface area contributed by atoms with Gasteiger partial charge in [0.05, 0.1) is 5.75 Å². The first kappa shape index (κ1) is 14.8. The number of amides is 2. The van der Waals surface area contributed by atoms with Crippen LogP contribution in [-0.4, -0.2) is 63.8 Å². The van der Waals surface area contributed by atoms with Gasteiger partial charge in [0.15, 0.2) is 0 Å². The summed E-state index contributed by atoms with van der Waals surface area (Å²) in [7, 11) is -1.77. The number of hydrogen-bond acceptors (Lipinski definition) is 5. The van der Waals surface area contributed by atoms with Crippen LogP contribution in [0.15, 0.2) is 0 Å². The first-order valence-electron chi connectivity index (χ1n) is 4.69. The monoisotopic (exact) mass is 251 g/mol. The molecule has 94 valence electrons. The predicted octanol–water partition coefficient (Wildman–Crippen LogP) is -2.44. The molecule has 0 aromatic carbocycles. The van der Waals surface area contributed by atoms with E-state index in [0.717, 1.165) is 11.2 Å². The van der Waals surface area contributed by atoms with E-state index in [0.29, 0.717) is 0 Å². The molecule has 0 saturated carbocycles. The molecule has 3 N–H and O–H groups in total. The maximum atomic E-state index is 11.3. The minimum absolute atomic E-state index is 0.00624. The SMILES string of the molecule is CN(CCS(C)(=O)=O)C(=O)C(=O)NCCN. The van der Waals surface area contributed by atoms with E-state index in [1.54, 1.807) is 0 Å². The summed E-state index contributed by atoms with van der Waals surface area (Å²) in [6, 6.07) is 0. The van der Waals surface area contributed by atoms with Gasteiger partial charge in [-0.25, -0.2) is 8.42 Å². The number of likely N-dealkylation sites (N-methyl/N-ethyl adjacent to an activating group) is 1. The summed E-state index contributed by atoms with van der Waals surface area (Å²) in [5.74, 6) is -1.71. The van der Waals surface area contributed by atoms with Gasteiger partial charge in [0, 0.05) is 32.9 Å². The first-order chi connectivity index (χ1) is 7.28. The molecule has 0 fully saturated rings. The fraction of sp³-hybridized carbons (Fsp3) is 0.750. The fourth-order valence-corrected chi connectivity index (χ4v) is 1.44. The van der Waals surface area contributed by atoms with Crippen LogP contribution in [0.4, 0.5) is 0 Å². The average molecular weight is 251 g/mol. The van der Waals surface area contributed by atoms with Crippen LogP contribution in [0.25, 0.3) is 0 Å². The molecule has 0 saturated heterocycles. The third-order valence-corrected chi connectivity index (χ3v) is 2.69. The molecule has 8 heteroatoms. The molecule has 2 amide bonds. The van der Waals surface area contributed by atoms with Gasteiger partial charge in [-0.2, -0.15) is 0 Å². The van der Waals surface area contributed by atoms with Gasteiger partial charge in [0.2, 0.25) is 0 Å². The van der Waals surface area contributed by atoms with E-state index in [2.05, 4.69) is 5.32 Å². The highest BCUT2D eigenvalue weighted by Gasteiger charge is 2.18. The van der Waals surface area contributed by atoms with Gasteiger partial charge in [-0.15, -0.1) is 0 Å². The quantitative estimate of drug-likeness (QED) is 0.528. The number of nitrogens with two attached hydrogens (primary N) is 1. The maximum Gasteiger partial charge on any atom is 0.311 e. The van der Waals surface area contributed by atoms with Crippen molar-refractivity contribution in [3.63, 3.8) is 0 Å². The van der Waals surface area contributed by atoms with Crippen molar-refractivity contribution in [3.8, 4) is 0 Å². The van der Waals surface area contributed by atoms with Crippen molar-refractivity contribution in [2.75, 3.05) is 38.7 Å². The zero-order chi connectivity index (χ0) is 12.8. The van der Waals surface area contributed by atoms with Crippen LogP contribution in [-0.2, 0) is 19.4 Å². The van der Waals surface area contributed by atoms with E-state index >= 15 is 0 Å². The number of nitrogens with one attached hydrogen (secondary N) is 1. The summed E-state index contributed by atoms with van der Waals surface area (Å²) in [5, 5.41) is 2.31. The molecule has 0 aliphatic heterocycles. The lowest BCUT2D eigenvalue weighted by molar-refractivity contribution is -0.144. The molecule has 0 rings (SSSR count). The van der Waals surface area contributed by atoms with Gasteiger partial charge < -0.3 is 16.0 Å². The first-order valence-corrected chi connectivity index (χ1v) is 6.75. The summed E-state index contributed by atoms with van der Waals surface area (Å²) >= 11 is 0.